The van der Waals surface area contributed by atoms with Gasteiger partial charge < -0.3 is 25.4 Å². The first-order valence-electron chi connectivity index (χ1n) is 8.37. The number of imidazole rings is 1. The van der Waals surface area contributed by atoms with Crippen molar-refractivity contribution in [1.82, 2.24) is 19.5 Å². The molecule has 1 aliphatic heterocycles. The van der Waals surface area contributed by atoms with Crippen LogP contribution in [0.15, 0.2) is 36.9 Å². The van der Waals surface area contributed by atoms with Gasteiger partial charge in [-0.25, -0.2) is 15.0 Å². The minimum absolute atomic E-state index is 0.399. The lowest BCUT2D eigenvalue weighted by molar-refractivity contribution is -0.0511. The molecule has 1 aliphatic rings. The van der Waals surface area contributed by atoms with Crippen molar-refractivity contribution in [1.29, 1.82) is 0 Å². The summed E-state index contributed by atoms with van der Waals surface area (Å²) < 4.78 is 7.07. The Morgan fingerprint density at radius 1 is 1.11 bits per heavy atom. The van der Waals surface area contributed by atoms with Crippen LogP contribution in [-0.2, 0) is 11.3 Å². The van der Waals surface area contributed by atoms with Gasteiger partial charge in [0.15, 0.2) is 23.2 Å². The molecular formula is C17H18ClN5O4. The number of nitrogens with one attached hydrogen (secondary N) is 1. The topological polar surface area (TPSA) is 126 Å². The molecule has 4 N–H and O–H groups in total. The van der Waals surface area contributed by atoms with Gasteiger partial charge in [0.2, 0.25) is 0 Å². The van der Waals surface area contributed by atoms with Crippen LogP contribution in [0, 0.1) is 0 Å². The highest BCUT2D eigenvalue weighted by Crippen LogP contribution is 2.32. The van der Waals surface area contributed by atoms with Crippen molar-refractivity contribution >= 4 is 28.6 Å². The lowest BCUT2D eigenvalue weighted by Gasteiger charge is -2.16. The molecule has 1 aromatic carbocycles. The lowest BCUT2D eigenvalue weighted by Crippen LogP contribution is -2.33. The average Bonchev–Trinajstić information content (AvgIpc) is 3.23. The molecule has 0 radical (unpaired) electrons. The van der Waals surface area contributed by atoms with Crippen molar-refractivity contribution in [3.05, 3.63) is 47.5 Å². The fourth-order valence-electron chi connectivity index (χ4n) is 3.07. The highest BCUT2D eigenvalue weighted by Gasteiger charge is 2.44. The molecule has 0 saturated carbocycles. The molecule has 1 saturated heterocycles. The van der Waals surface area contributed by atoms with Crippen molar-refractivity contribution in [2.45, 2.75) is 31.1 Å². The summed E-state index contributed by atoms with van der Waals surface area (Å²) in [4.78, 5) is 12.8. The number of fused-ring (bicyclic) bond motifs is 1. The summed E-state index contributed by atoms with van der Waals surface area (Å²) in [5, 5.41) is 33.3. The maximum absolute atomic E-state index is 10.2. The Morgan fingerprint density at radius 2 is 1.89 bits per heavy atom. The van der Waals surface area contributed by atoms with Gasteiger partial charge in [-0.1, -0.05) is 23.7 Å². The van der Waals surface area contributed by atoms with E-state index in [0.717, 1.165) is 5.56 Å². The molecule has 9 nitrogen and oxygen atoms in total. The van der Waals surface area contributed by atoms with Gasteiger partial charge in [0.05, 0.1) is 12.9 Å². The van der Waals surface area contributed by atoms with Crippen LogP contribution in [-0.4, -0.2) is 59.8 Å². The molecule has 0 amide bonds. The van der Waals surface area contributed by atoms with Crippen LogP contribution < -0.4 is 5.32 Å². The number of aliphatic hydroxyl groups excluding tert-OH is 3. The highest BCUT2D eigenvalue weighted by molar-refractivity contribution is 6.30. The third-order valence-electron chi connectivity index (χ3n) is 4.52. The van der Waals surface area contributed by atoms with Crippen molar-refractivity contribution < 1.29 is 20.1 Å². The minimum atomic E-state index is -1.21. The van der Waals surface area contributed by atoms with E-state index in [-0.39, 0.29) is 0 Å². The van der Waals surface area contributed by atoms with Crippen LogP contribution in [0.1, 0.15) is 11.8 Å². The monoisotopic (exact) mass is 391 g/mol. The standard InChI is InChI=1S/C17H18ClN5O4/c18-10-3-1-9(2-4-10)5-19-15-12-16(21-7-20-15)23(8-22-12)17-14(26)13(25)11(6-24)27-17/h1-4,7-8,11,13-14,17,24-26H,5-6H2,(H,19,20,21)/t11-,13-,14+,17?/m1/s1. The Morgan fingerprint density at radius 3 is 2.59 bits per heavy atom. The second-order valence-corrected chi connectivity index (χ2v) is 6.69. The molecule has 1 unspecified atom stereocenters. The van der Waals surface area contributed by atoms with E-state index in [4.69, 9.17) is 16.3 Å². The Kier molecular flexibility index (Phi) is 4.94. The van der Waals surface area contributed by atoms with Gasteiger partial charge in [0.25, 0.3) is 0 Å². The second-order valence-electron chi connectivity index (χ2n) is 6.26. The Hall–Kier alpha value is -2.30. The van der Waals surface area contributed by atoms with E-state index < -0.39 is 31.1 Å². The van der Waals surface area contributed by atoms with Gasteiger partial charge >= 0.3 is 0 Å². The third-order valence-corrected chi connectivity index (χ3v) is 4.78. The van der Waals surface area contributed by atoms with Gasteiger partial charge in [-0.15, -0.1) is 0 Å². The Bertz CT molecular complexity index is 935. The first-order valence-corrected chi connectivity index (χ1v) is 8.74. The summed E-state index contributed by atoms with van der Waals surface area (Å²) in [6.07, 6.45) is -1.33. The predicted octanol–water partition coefficient (Wildman–Crippen LogP) is 0.703. The van der Waals surface area contributed by atoms with Crippen LogP contribution >= 0.6 is 11.6 Å². The number of benzene rings is 1. The summed E-state index contributed by atoms with van der Waals surface area (Å²) in [6.45, 7) is 0.119. The molecule has 3 aromatic rings. The first-order chi connectivity index (χ1) is 13.1. The maximum atomic E-state index is 10.2. The molecule has 2 aromatic heterocycles. The van der Waals surface area contributed by atoms with E-state index in [1.165, 1.54) is 17.2 Å². The summed E-state index contributed by atoms with van der Waals surface area (Å²) in [7, 11) is 0. The lowest BCUT2D eigenvalue weighted by atomic mass is 10.1. The van der Waals surface area contributed by atoms with Gasteiger partial charge in [0, 0.05) is 11.6 Å². The number of nitrogens with zero attached hydrogens (tertiary/aromatic N) is 4. The molecule has 142 valence electrons. The van der Waals surface area contributed by atoms with E-state index in [9.17, 15) is 15.3 Å². The van der Waals surface area contributed by atoms with Crippen LogP contribution in [0.2, 0.25) is 5.02 Å². The fourth-order valence-corrected chi connectivity index (χ4v) is 3.19. The van der Waals surface area contributed by atoms with Crippen LogP contribution in [0.4, 0.5) is 5.82 Å². The van der Waals surface area contributed by atoms with E-state index in [0.29, 0.717) is 28.5 Å². The number of rotatable bonds is 5. The van der Waals surface area contributed by atoms with Crippen molar-refractivity contribution in [3.8, 4) is 0 Å². The third kappa shape index (κ3) is 3.35. The van der Waals surface area contributed by atoms with E-state index in [1.54, 1.807) is 0 Å². The Labute approximate surface area is 159 Å². The van der Waals surface area contributed by atoms with Crippen LogP contribution in [0.3, 0.4) is 0 Å². The number of halogens is 1. The largest absolute Gasteiger partial charge is 0.394 e. The van der Waals surface area contributed by atoms with Gasteiger partial charge in [-0.3, -0.25) is 4.57 Å². The molecule has 1 fully saturated rings. The molecule has 0 bridgehead atoms. The quantitative estimate of drug-likeness (QED) is 0.501. The smallest absolute Gasteiger partial charge is 0.167 e. The van der Waals surface area contributed by atoms with Crippen LogP contribution in [0.25, 0.3) is 11.2 Å². The number of aromatic nitrogens is 4. The number of hydrogen-bond donors (Lipinski definition) is 4. The molecule has 0 aliphatic carbocycles. The number of ether oxygens (including phenoxy) is 1. The fraction of sp³-hybridized carbons (Fsp3) is 0.353. The maximum Gasteiger partial charge on any atom is 0.167 e. The SMILES string of the molecule is OC[C@H]1OC(n2cnc3c(NCc4ccc(Cl)cc4)ncnc32)[C@@H](O)[C@@H]1O. The molecular weight excluding hydrogens is 374 g/mol. The summed E-state index contributed by atoms with van der Waals surface area (Å²) in [5.74, 6) is 0.528. The predicted molar refractivity (Wildman–Crippen MR) is 97.1 cm³/mol. The zero-order valence-corrected chi connectivity index (χ0v) is 14.9. The summed E-state index contributed by atoms with van der Waals surface area (Å²) in [6, 6.07) is 7.44. The number of hydrogen-bond acceptors (Lipinski definition) is 8. The molecule has 4 rings (SSSR count). The average molecular weight is 392 g/mol. The van der Waals surface area contributed by atoms with Gasteiger partial charge in [-0.05, 0) is 17.7 Å². The summed E-state index contributed by atoms with van der Waals surface area (Å²) in [5.41, 5.74) is 1.97. The number of aliphatic hydroxyl groups is 3. The highest BCUT2D eigenvalue weighted by atomic mass is 35.5. The minimum Gasteiger partial charge on any atom is -0.394 e. The van der Waals surface area contributed by atoms with E-state index >= 15 is 0 Å². The molecule has 4 atom stereocenters. The number of anilines is 1. The van der Waals surface area contributed by atoms with Crippen LogP contribution in [0.5, 0.6) is 0 Å². The Balaban J connectivity index is 1.59. The normalized spacial score (nSPS) is 25.2. The van der Waals surface area contributed by atoms with Crippen molar-refractivity contribution in [3.63, 3.8) is 0 Å². The second kappa shape index (κ2) is 7.37. The van der Waals surface area contributed by atoms with Crippen molar-refractivity contribution in [2.24, 2.45) is 0 Å². The van der Waals surface area contributed by atoms with E-state index in [2.05, 4.69) is 20.3 Å². The summed E-state index contributed by atoms with van der Waals surface area (Å²) >= 11 is 5.90. The first kappa shape index (κ1) is 18.1. The van der Waals surface area contributed by atoms with Crippen molar-refractivity contribution in [2.75, 3.05) is 11.9 Å². The van der Waals surface area contributed by atoms with Gasteiger partial charge in [-0.2, -0.15) is 0 Å². The van der Waals surface area contributed by atoms with Gasteiger partial charge in [0.1, 0.15) is 24.6 Å². The zero-order chi connectivity index (χ0) is 19.0. The molecule has 27 heavy (non-hydrogen) atoms. The molecule has 0 spiro atoms. The zero-order valence-electron chi connectivity index (χ0n) is 14.1. The molecule has 3 heterocycles. The molecule has 10 heteroatoms. The van der Waals surface area contributed by atoms with E-state index in [1.807, 2.05) is 24.3 Å².